The molecule has 0 atom stereocenters. The summed E-state index contributed by atoms with van der Waals surface area (Å²) in [6.45, 7) is 4.95. The molecule has 0 aliphatic rings. The number of carboxylic acids is 1. The molecule has 0 aromatic heterocycles. The molecular formula is C43H88O3. The highest BCUT2D eigenvalue weighted by atomic mass is 16.4. The summed E-state index contributed by atoms with van der Waals surface area (Å²) in [5.74, 6) is -0.650. The molecule has 0 amide bonds. The molecule has 3 nitrogen and oxygen atoms in total. The van der Waals surface area contributed by atoms with Crippen molar-refractivity contribution in [3.63, 3.8) is 0 Å². The van der Waals surface area contributed by atoms with Gasteiger partial charge in [-0.25, -0.2) is 0 Å². The van der Waals surface area contributed by atoms with E-state index in [1.807, 2.05) is 0 Å². The van der Waals surface area contributed by atoms with Gasteiger partial charge in [-0.15, -0.1) is 0 Å². The van der Waals surface area contributed by atoms with Crippen LogP contribution >= 0.6 is 0 Å². The number of unbranched alkanes of at least 4 members (excludes halogenated alkanes) is 36. The van der Waals surface area contributed by atoms with Gasteiger partial charge in [0.15, 0.2) is 0 Å². The van der Waals surface area contributed by atoms with Crippen LogP contribution in [-0.2, 0) is 4.79 Å². The Hall–Kier alpha value is -0.570. The maximum atomic E-state index is 10.4. The van der Waals surface area contributed by atoms with Crippen molar-refractivity contribution in [1.82, 2.24) is 0 Å². The van der Waals surface area contributed by atoms with Crippen molar-refractivity contribution in [1.29, 1.82) is 0 Å². The second-order valence-electron chi connectivity index (χ2n) is 14.6. The lowest BCUT2D eigenvalue weighted by atomic mass is 10.0. The maximum Gasteiger partial charge on any atom is 0.303 e. The van der Waals surface area contributed by atoms with E-state index in [4.69, 9.17) is 10.2 Å². The largest absolute Gasteiger partial charge is 0.481 e. The molecular weight excluding hydrogens is 564 g/mol. The Morgan fingerprint density at radius 2 is 0.478 bits per heavy atom. The molecule has 0 saturated carbocycles. The summed E-state index contributed by atoms with van der Waals surface area (Å²) in [6, 6.07) is 0. The number of hydrogen-bond acceptors (Lipinski definition) is 2. The Labute approximate surface area is 291 Å². The predicted octanol–water partition coefficient (Wildman–Crippen LogP) is 15.3. The summed E-state index contributed by atoms with van der Waals surface area (Å²) >= 11 is 0. The van der Waals surface area contributed by atoms with Crippen molar-refractivity contribution in [2.45, 2.75) is 264 Å². The number of hydrogen-bond donors (Lipinski definition) is 2. The number of aliphatic hydroxyl groups is 1. The average Bonchev–Trinajstić information content (AvgIpc) is 3.05. The Morgan fingerprint density at radius 3 is 0.652 bits per heavy atom. The van der Waals surface area contributed by atoms with Crippen LogP contribution in [-0.4, -0.2) is 22.8 Å². The monoisotopic (exact) mass is 653 g/mol. The minimum absolute atomic E-state index is 0.346. The molecule has 0 aliphatic heterocycles. The van der Waals surface area contributed by atoms with Crippen molar-refractivity contribution in [3.8, 4) is 0 Å². The third-order valence-electron chi connectivity index (χ3n) is 9.76. The normalized spacial score (nSPS) is 11.1. The molecule has 278 valence electrons. The third kappa shape index (κ3) is 50.3. The van der Waals surface area contributed by atoms with Gasteiger partial charge in [-0.05, 0) is 12.8 Å². The Bertz CT molecular complexity index is 504. The molecule has 0 radical (unpaired) electrons. The second-order valence-corrected chi connectivity index (χ2v) is 14.6. The lowest BCUT2D eigenvalue weighted by molar-refractivity contribution is -0.137. The summed E-state index contributed by atoms with van der Waals surface area (Å²) in [5.41, 5.74) is 0. The first-order valence-corrected chi connectivity index (χ1v) is 21.5. The van der Waals surface area contributed by atoms with Crippen molar-refractivity contribution in [2.75, 3.05) is 6.61 Å². The summed E-state index contributed by atoms with van der Waals surface area (Å²) in [5, 5.41) is 17.2. The Kier molecular flexibility index (Phi) is 48.1. The number of aliphatic carboxylic acids is 1. The third-order valence-corrected chi connectivity index (χ3v) is 9.76. The van der Waals surface area contributed by atoms with E-state index in [-0.39, 0.29) is 0 Å². The lowest BCUT2D eigenvalue weighted by Crippen LogP contribution is -1.93. The molecule has 0 aromatic carbocycles. The topological polar surface area (TPSA) is 57.5 Å². The predicted molar refractivity (Wildman–Crippen MR) is 206 cm³/mol. The van der Waals surface area contributed by atoms with E-state index < -0.39 is 5.97 Å². The summed E-state index contributed by atoms with van der Waals surface area (Å²) in [7, 11) is 0. The number of aliphatic hydroxyl groups excluding tert-OH is 1. The van der Waals surface area contributed by atoms with Crippen LogP contribution in [0.15, 0.2) is 0 Å². The van der Waals surface area contributed by atoms with Crippen molar-refractivity contribution < 1.29 is 15.0 Å². The van der Waals surface area contributed by atoms with Gasteiger partial charge >= 0.3 is 5.97 Å². The SMILES string of the molecule is CCCCCCCCCCCCCCCCCCCCCCCCC(=O)O.CCCCCCCCCCCCCCCCCCO. The minimum Gasteiger partial charge on any atom is -0.481 e. The zero-order valence-electron chi connectivity index (χ0n) is 32.1. The standard InChI is InChI=1S/C25H50O2.C18H38O/c1-2-3-4-5-6-7-8-9-10-11-12-13-14-15-16-17-18-19-20-21-22-23-24-25(26)27;1-2-3-4-5-6-7-8-9-10-11-12-13-14-15-16-17-18-19/h2-24H2,1H3,(H,26,27);19H,2-18H2,1H3. The van der Waals surface area contributed by atoms with Gasteiger partial charge in [0, 0.05) is 13.0 Å². The van der Waals surface area contributed by atoms with E-state index in [9.17, 15) is 4.79 Å². The summed E-state index contributed by atoms with van der Waals surface area (Å²) in [4.78, 5) is 10.4. The summed E-state index contributed by atoms with van der Waals surface area (Å²) in [6.07, 6.45) is 52.7. The molecule has 3 heteroatoms. The molecule has 0 bridgehead atoms. The van der Waals surface area contributed by atoms with Crippen LogP contribution in [0.2, 0.25) is 0 Å². The molecule has 0 heterocycles. The van der Waals surface area contributed by atoms with E-state index in [0.717, 1.165) is 19.3 Å². The van der Waals surface area contributed by atoms with Crippen molar-refractivity contribution in [3.05, 3.63) is 0 Å². The molecule has 0 fully saturated rings. The van der Waals surface area contributed by atoms with Gasteiger partial charge in [-0.1, -0.05) is 245 Å². The molecule has 46 heavy (non-hydrogen) atoms. The van der Waals surface area contributed by atoms with E-state index >= 15 is 0 Å². The van der Waals surface area contributed by atoms with Crippen LogP contribution in [0.5, 0.6) is 0 Å². The molecule has 0 rings (SSSR count). The summed E-state index contributed by atoms with van der Waals surface area (Å²) < 4.78 is 0. The quantitative estimate of drug-likeness (QED) is 0.0650. The van der Waals surface area contributed by atoms with Crippen LogP contribution in [0.25, 0.3) is 0 Å². The van der Waals surface area contributed by atoms with Gasteiger partial charge in [-0.2, -0.15) is 0 Å². The fourth-order valence-corrected chi connectivity index (χ4v) is 6.54. The van der Waals surface area contributed by atoms with Gasteiger partial charge in [0.25, 0.3) is 0 Å². The first-order chi connectivity index (χ1) is 22.7. The van der Waals surface area contributed by atoms with Crippen LogP contribution in [0.4, 0.5) is 0 Å². The number of rotatable bonds is 39. The van der Waals surface area contributed by atoms with Gasteiger partial charge in [0.2, 0.25) is 0 Å². The fourth-order valence-electron chi connectivity index (χ4n) is 6.54. The first kappa shape index (κ1) is 47.5. The molecule has 2 N–H and O–H groups in total. The smallest absolute Gasteiger partial charge is 0.303 e. The number of carboxylic acid groups (broad SMARTS) is 1. The van der Waals surface area contributed by atoms with Crippen LogP contribution in [0, 0.1) is 0 Å². The van der Waals surface area contributed by atoms with Crippen molar-refractivity contribution >= 4 is 5.97 Å². The van der Waals surface area contributed by atoms with Gasteiger partial charge in [0.1, 0.15) is 0 Å². The molecule has 0 spiro atoms. The van der Waals surface area contributed by atoms with Gasteiger partial charge in [0.05, 0.1) is 0 Å². The first-order valence-electron chi connectivity index (χ1n) is 21.5. The van der Waals surface area contributed by atoms with E-state index in [1.54, 1.807) is 0 Å². The van der Waals surface area contributed by atoms with E-state index in [1.165, 1.54) is 225 Å². The highest BCUT2D eigenvalue weighted by molar-refractivity contribution is 5.66. The Balaban J connectivity index is 0. The fraction of sp³-hybridized carbons (Fsp3) is 0.977. The molecule has 0 aliphatic carbocycles. The molecule has 0 saturated heterocycles. The van der Waals surface area contributed by atoms with Crippen LogP contribution in [0.1, 0.15) is 264 Å². The Morgan fingerprint density at radius 1 is 0.304 bits per heavy atom. The highest BCUT2D eigenvalue weighted by Crippen LogP contribution is 2.16. The maximum absolute atomic E-state index is 10.4. The zero-order chi connectivity index (χ0) is 33.9. The van der Waals surface area contributed by atoms with Gasteiger partial charge < -0.3 is 10.2 Å². The van der Waals surface area contributed by atoms with Crippen molar-refractivity contribution in [2.24, 2.45) is 0 Å². The van der Waals surface area contributed by atoms with Gasteiger partial charge in [-0.3, -0.25) is 4.79 Å². The highest BCUT2D eigenvalue weighted by Gasteiger charge is 1.98. The van der Waals surface area contributed by atoms with E-state index in [2.05, 4.69) is 13.8 Å². The van der Waals surface area contributed by atoms with Crippen LogP contribution < -0.4 is 0 Å². The van der Waals surface area contributed by atoms with E-state index in [0.29, 0.717) is 13.0 Å². The minimum atomic E-state index is -0.650. The second kappa shape index (κ2) is 46.5. The average molecular weight is 653 g/mol. The zero-order valence-corrected chi connectivity index (χ0v) is 32.1. The van der Waals surface area contributed by atoms with Crippen LogP contribution in [0.3, 0.4) is 0 Å². The molecule has 0 aromatic rings. The molecule has 0 unspecified atom stereocenters. The lowest BCUT2D eigenvalue weighted by Gasteiger charge is -2.04. The number of carbonyl (C=O) groups is 1.